The number of nitrogens with zero attached hydrogens (tertiary/aromatic N) is 1. The molecule has 0 atom stereocenters. The van der Waals surface area contributed by atoms with Gasteiger partial charge in [-0.1, -0.05) is 41.4 Å². The fraction of sp³-hybridized carbons (Fsp3) is 0.462. The molecule has 0 unspecified atom stereocenters. The molecular weight excluding hydrogens is 266 g/mol. The summed E-state index contributed by atoms with van der Waals surface area (Å²) < 4.78 is 1.04. The van der Waals surface area contributed by atoms with Crippen molar-refractivity contribution in [2.75, 3.05) is 13.6 Å². The van der Waals surface area contributed by atoms with Crippen LogP contribution in [-0.4, -0.2) is 24.4 Å². The van der Waals surface area contributed by atoms with E-state index >= 15 is 0 Å². The van der Waals surface area contributed by atoms with Crippen LogP contribution in [0.3, 0.4) is 0 Å². The van der Waals surface area contributed by atoms with E-state index in [9.17, 15) is 4.79 Å². The molecule has 0 aromatic heterocycles. The van der Waals surface area contributed by atoms with Gasteiger partial charge in [0.25, 0.3) is 0 Å². The highest BCUT2D eigenvalue weighted by Gasteiger charge is 2.08. The van der Waals surface area contributed by atoms with Gasteiger partial charge in [0.15, 0.2) is 0 Å². The van der Waals surface area contributed by atoms with Crippen LogP contribution in [-0.2, 0) is 11.2 Å². The van der Waals surface area contributed by atoms with Gasteiger partial charge in [-0.15, -0.1) is 0 Å². The van der Waals surface area contributed by atoms with Crippen molar-refractivity contribution in [2.24, 2.45) is 0 Å². The molecule has 1 rings (SSSR count). The maximum absolute atomic E-state index is 11.8. The number of carbonyl (C=O) groups excluding carboxylic acids is 1. The Morgan fingerprint density at radius 1 is 1.31 bits per heavy atom. The zero-order chi connectivity index (χ0) is 12.0. The SMILES string of the molecule is CCCCN(C)C(=O)Cc1ccc(Br)cc1. The lowest BCUT2D eigenvalue weighted by Gasteiger charge is -2.16. The van der Waals surface area contributed by atoms with Crippen molar-refractivity contribution in [1.29, 1.82) is 0 Å². The van der Waals surface area contributed by atoms with Crippen molar-refractivity contribution >= 4 is 21.8 Å². The number of likely N-dealkylation sites (N-methyl/N-ethyl adjacent to an activating group) is 1. The average Bonchev–Trinajstić information content (AvgIpc) is 2.29. The molecule has 2 nitrogen and oxygen atoms in total. The van der Waals surface area contributed by atoms with Crippen LogP contribution in [0.4, 0.5) is 0 Å². The second kappa shape index (κ2) is 6.69. The van der Waals surface area contributed by atoms with Gasteiger partial charge in [-0.05, 0) is 24.1 Å². The summed E-state index contributed by atoms with van der Waals surface area (Å²) in [5, 5.41) is 0. The zero-order valence-corrected chi connectivity index (χ0v) is 11.5. The van der Waals surface area contributed by atoms with Gasteiger partial charge in [-0.2, -0.15) is 0 Å². The molecule has 0 fully saturated rings. The summed E-state index contributed by atoms with van der Waals surface area (Å²) in [7, 11) is 1.87. The lowest BCUT2D eigenvalue weighted by Crippen LogP contribution is -2.29. The van der Waals surface area contributed by atoms with Gasteiger partial charge >= 0.3 is 0 Å². The molecule has 1 amide bonds. The predicted octanol–water partition coefficient (Wildman–Crippen LogP) is 3.25. The van der Waals surface area contributed by atoms with Crippen LogP contribution in [0.2, 0.25) is 0 Å². The Kier molecular flexibility index (Phi) is 5.53. The first-order valence-corrected chi connectivity index (χ1v) is 6.41. The molecule has 16 heavy (non-hydrogen) atoms. The largest absolute Gasteiger partial charge is 0.345 e. The van der Waals surface area contributed by atoms with Crippen molar-refractivity contribution in [1.82, 2.24) is 4.90 Å². The number of hydrogen-bond acceptors (Lipinski definition) is 1. The summed E-state index contributed by atoms with van der Waals surface area (Å²) in [6, 6.07) is 7.90. The number of rotatable bonds is 5. The first-order valence-electron chi connectivity index (χ1n) is 5.62. The first-order chi connectivity index (χ1) is 7.63. The summed E-state index contributed by atoms with van der Waals surface area (Å²) >= 11 is 3.38. The van der Waals surface area contributed by atoms with Crippen molar-refractivity contribution in [3.05, 3.63) is 34.3 Å². The van der Waals surface area contributed by atoms with Crippen molar-refractivity contribution < 1.29 is 4.79 Å². The van der Waals surface area contributed by atoms with Crippen molar-refractivity contribution in [3.8, 4) is 0 Å². The molecule has 0 N–H and O–H groups in total. The molecule has 0 saturated carbocycles. The quantitative estimate of drug-likeness (QED) is 0.812. The molecular formula is C13H18BrNO. The molecule has 0 bridgehead atoms. The van der Waals surface area contributed by atoms with Gasteiger partial charge in [-0.3, -0.25) is 4.79 Å². The van der Waals surface area contributed by atoms with Gasteiger partial charge in [0.05, 0.1) is 6.42 Å². The zero-order valence-electron chi connectivity index (χ0n) is 9.87. The van der Waals surface area contributed by atoms with E-state index in [0.717, 1.165) is 29.4 Å². The Hall–Kier alpha value is -0.830. The summed E-state index contributed by atoms with van der Waals surface area (Å²) in [5.74, 6) is 0.191. The third kappa shape index (κ3) is 4.35. The third-order valence-electron chi connectivity index (χ3n) is 2.54. The van der Waals surface area contributed by atoms with Crippen LogP contribution >= 0.6 is 15.9 Å². The van der Waals surface area contributed by atoms with Crippen molar-refractivity contribution in [3.63, 3.8) is 0 Å². The first kappa shape index (κ1) is 13.2. The molecule has 0 aliphatic rings. The monoisotopic (exact) mass is 283 g/mol. The number of amides is 1. The second-order valence-corrected chi connectivity index (χ2v) is 4.89. The molecule has 0 aliphatic carbocycles. The van der Waals surface area contributed by atoms with Crippen LogP contribution < -0.4 is 0 Å². The van der Waals surface area contributed by atoms with Gasteiger partial charge < -0.3 is 4.90 Å². The number of hydrogen-bond donors (Lipinski definition) is 0. The summed E-state index contributed by atoms with van der Waals surface area (Å²) in [6.45, 7) is 2.99. The molecule has 0 aliphatic heterocycles. The maximum Gasteiger partial charge on any atom is 0.226 e. The fourth-order valence-electron chi connectivity index (χ4n) is 1.43. The predicted molar refractivity (Wildman–Crippen MR) is 70.4 cm³/mol. The number of halogens is 1. The Balaban J connectivity index is 2.47. The maximum atomic E-state index is 11.8. The number of unbranched alkanes of at least 4 members (excludes halogenated alkanes) is 1. The topological polar surface area (TPSA) is 20.3 Å². The van der Waals surface area contributed by atoms with E-state index in [1.54, 1.807) is 0 Å². The molecule has 1 aromatic rings. The standard InChI is InChI=1S/C13H18BrNO/c1-3-4-9-15(2)13(16)10-11-5-7-12(14)8-6-11/h5-8H,3-4,9-10H2,1-2H3. The summed E-state index contributed by atoms with van der Waals surface area (Å²) in [5.41, 5.74) is 1.07. The van der Waals surface area contributed by atoms with E-state index in [0.29, 0.717) is 6.42 Å². The third-order valence-corrected chi connectivity index (χ3v) is 3.07. The lowest BCUT2D eigenvalue weighted by molar-refractivity contribution is -0.129. The van der Waals surface area contributed by atoms with Crippen LogP contribution in [0.1, 0.15) is 25.3 Å². The molecule has 0 spiro atoms. The van der Waals surface area contributed by atoms with Gasteiger partial charge in [0, 0.05) is 18.1 Å². The highest BCUT2D eigenvalue weighted by Crippen LogP contribution is 2.11. The molecule has 0 heterocycles. The van der Waals surface area contributed by atoms with E-state index in [4.69, 9.17) is 0 Å². The van der Waals surface area contributed by atoms with E-state index < -0.39 is 0 Å². The van der Waals surface area contributed by atoms with E-state index in [-0.39, 0.29) is 5.91 Å². The van der Waals surface area contributed by atoms with Crippen molar-refractivity contribution in [2.45, 2.75) is 26.2 Å². The average molecular weight is 284 g/mol. The normalized spacial score (nSPS) is 10.2. The highest BCUT2D eigenvalue weighted by molar-refractivity contribution is 9.10. The van der Waals surface area contributed by atoms with Crippen LogP contribution in [0.15, 0.2) is 28.7 Å². The Morgan fingerprint density at radius 3 is 2.50 bits per heavy atom. The van der Waals surface area contributed by atoms with E-state index in [2.05, 4.69) is 22.9 Å². The van der Waals surface area contributed by atoms with Crippen LogP contribution in [0, 0.1) is 0 Å². The van der Waals surface area contributed by atoms with Crippen LogP contribution in [0.25, 0.3) is 0 Å². The van der Waals surface area contributed by atoms with Gasteiger partial charge in [0.1, 0.15) is 0 Å². The summed E-state index contributed by atoms with van der Waals surface area (Å²) in [6.07, 6.45) is 2.69. The van der Waals surface area contributed by atoms with Gasteiger partial charge in [0.2, 0.25) is 5.91 Å². The highest BCUT2D eigenvalue weighted by atomic mass is 79.9. The minimum Gasteiger partial charge on any atom is -0.345 e. The lowest BCUT2D eigenvalue weighted by atomic mass is 10.1. The van der Waals surface area contributed by atoms with Crippen LogP contribution in [0.5, 0.6) is 0 Å². The number of benzene rings is 1. The molecule has 3 heteroatoms. The Morgan fingerprint density at radius 2 is 1.94 bits per heavy atom. The van der Waals surface area contributed by atoms with E-state index in [1.807, 2.05) is 36.2 Å². The molecule has 0 saturated heterocycles. The molecule has 0 radical (unpaired) electrons. The number of carbonyl (C=O) groups is 1. The smallest absolute Gasteiger partial charge is 0.226 e. The molecule has 88 valence electrons. The Labute approximate surface area is 106 Å². The Bertz CT molecular complexity index is 334. The summed E-state index contributed by atoms with van der Waals surface area (Å²) in [4.78, 5) is 13.6. The minimum atomic E-state index is 0.191. The second-order valence-electron chi connectivity index (χ2n) is 3.97. The molecule has 1 aromatic carbocycles. The minimum absolute atomic E-state index is 0.191. The fourth-order valence-corrected chi connectivity index (χ4v) is 1.70. The van der Waals surface area contributed by atoms with E-state index in [1.165, 1.54) is 0 Å². The van der Waals surface area contributed by atoms with Gasteiger partial charge in [-0.25, -0.2) is 0 Å².